The molecule has 2 amide bonds. The molecule has 4 heteroatoms. The summed E-state index contributed by atoms with van der Waals surface area (Å²) in [5.74, 6) is 0.527. The van der Waals surface area contributed by atoms with Gasteiger partial charge < -0.3 is 15.5 Å². The Morgan fingerprint density at radius 2 is 2.50 bits per heavy atom. The number of carbonyl (C=O) groups is 1. The van der Waals surface area contributed by atoms with E-state index in [2.05, 4.69) is 17.6 Å². The molecule has 0 saturated carbocycles. The molecule has 0 radical (unpaired) electrons. The smallest absolute Gasteiger partial charge is 0.317 e. The second-order valence-corrected chi connectivity index (χ2v) is 3.34. The number of amides is 2. The highest BCUT2D eigenvalue weighted by molar-refractivity contribution is 5.76. The Morgan fingerprint density at radius 1 is 1.75 bits per heavy atom. The number of hydrogen-bond acceptors (Lipinski definition) is 2. The molecule has 1 atom stereocenters. The van der Waals surface area contributed by atoms with Gasteiger partial charge in [-0.15, -0.1) is 0 Å². The van der Waals surface area contributed by atoms with E-state index in [9.17, 15) is 4.79 Å². The van der Waals surface area contributed by atoms with Crippen molar-refractivity contribution >= 4 is 6.03 Å². The van der Waals surface area contributed by atoms with Crippen LogP contribution in [0.1, 0.15) is 6.92 Å². The number of carbonyl (C=O) groups excluding carboxylic acids is 1. The zero-order valence-electron chi connectivity index (χ0n) is 7.76. The number of nitrogens with one attached hydrogen (secondary N) is 2. The maximum Gasteiger partial charge on any atom is 0.317 e. The third kappa shape index (κ3) is 2.37. The van der Waals surface area contributed by atoms with Gasteiger partial charge in [0.15, 0.2) is 0 Å². The third-order valence-corrected chi connectivity index (χ3v) is 2.03. The zero-order valence-corrected chi connectivity index (χ0v) is 7.76. The average molecular weight is 171 g/mol. The fourth-order valence-corrected chi connectivity index (χ4v) is 1.47. The van der Waals surface area contributed by atoms with Crippen LogP contribution in [0.15, 0.2) is 0 Å². The lowest BCUT2D eigenvalue weighted by atomic mass is 10.2. The van der Waals surface area contributed by atoms with Gasteiger partial charge in [0.2, 0.25) is 0 Å². The van der Waals surface area contributed by atoms with E-state index in [1.807, 2.05) is 11.9 Å². The monoisotopic (exact) mass is 171 g/mol. The predicted octanol–water partition coefficient (Wildman–Crippen LogP) is -0.133. The Bertz CT molecular complexity index is 160. The Kier molecular flexibility index (Phi) is 3.34. The van der Waals surface area contributed by atoms with Crippen molar-refractivity contribution in [2.45, 2.75) is 6.92 Å². The molecule has 0 aromatic rings. The van der Waals surface area contributed by atoms with E-state index < -0.39 is 0 Å². The molecular formula is C8H17N3O. The lowest BCUT2D eigenvalue weighted by Crippen LogP contribution is -2.34. The minimum atomic E-state index is 0.0814. The summed E-state index contributed by atoms with van der Waals surface area (Å²) in [6.45, 7) is 5.61. The Morgan fingerprint density at radius 3 is 3.00 bits per heavy atom. The third-order valence-electron chi connectivity index (χ3n) is 2.03. The number of nitrogens with zero attached hydrogens (tertiary/aromatic N) is 1. The second kappa shape index (κ2) is 4.30. The maximum absolute atomic E-state index is 11.1. The first kappa shape index (κ1) is 9.32. The minimum Gasteiger partial charge on any atom is -0.336 e. The predicted molar refractivity (Wildman–Crippen MR) is 48.1 cm³/mol. The summed E-state index contributed by atoms with van der Waals surface area (Å²) in [4.78, 5) is 13.0. The Labute approximate surface area is 73.3 Å². The van der Waals surface area contributed by atoms with Gasteiger partial charge in [0.05, 0.1) is 0 Å². The van der Waals surface area contributed by atoms with E-state index in [4.69, 9.17) is 0 Å². The zero-order chi connectivity index (χ0) is 8.97. The van der Waals surface area contributed by atoms with Crippen LogP contribution in [-0.4, -0.2) is 44.2 Å². The van der Waals surface area contributed by atoms with E-state index in [1.165, 1.54) is 0 Å². The molecule has 2 N–H and O–H groups in total. The second-order valence-electron chi connectivity index (χ2n) is 3.34. The van der Waals surface area contributed by atoms with Gasteiger partial charge in [-0.1, -0.05) is 6.92 Å². The van der Waals surface area contributed by atoms with E-state index in [0.717, 1.165) is 26.2 Å². The van der Waals surface area contributed by atoms with E-state index in [-0.39, 0.29) is 6.03 Å². The van der Waals surface area contributed by atoms with Gasteiger partial charge >= 0.3 is 6.03 Å². The highest BCUT2D eigenvalue weighted by Crippen LogP contribution is 2.02. The van der Waals surface area contributed by atoms with Crippen molar-refractivity contribution in [2.75, 3.05) is 33.2 Å². The van der Waals surface area contributed by atoms with Gasteiger partial charge in [-0.05, 0) is 19.5 Å². The van der Waals surface area contributed by atoms with Gasteiger partial charge in [-0.2, -0.15) is 0 Å². The summed E-state index contributed by atoms with van der Waals surface area (Å²) in [6.07, 6.45) is 0. The molecule has 1 fully saturated rings. The van der Waals surface area contributed by atoms with E-state index in [0.29, 0.717) is 5.92 Å². The topological polar surface area (TPSA) is 44.4 Å². The average Bonchev–Trinajstić information content (AvgIpc) is 2.37. The summed E-state index contributed by atoms with van der Waals surface area (Å²) in [5.41, 5.74) is 0. The van der Waals surface area contributed by atoms with Crippen molar-refractivity contribution in [3.63, 3.8) is 0 Å². The molecule has 0 aliphatic carbocycles. The van der Waals surface area contributed by atoms with Crippen LogP contribution in [0.5, 0.6) is 0 Å². The van der Waals surface area contributed by atoms with Crippen LogP contribution in [0.2, 0.25) is 0 Å². The van der Waals surface area contributed by atoms with Crippen molar-refractivity contribution in [1.82, 2.24) is 15.5 Å². The standard InChI is InChI=1S/C8H17N3O/c1-7(5-9-2)6-11-4-3-10-8(11)12/h7,9H,3-6H2,1-2H3,(H,10,12). The fourth-order valence-electron chi connectivity index (χ4n) is 1.47. The summed E-state index contributed by atoms with van der Waals surface area (Å²) < 4.78 is 0. The van der Waals surface area contributed by atoms with Crippen LogP contribution >= 0.6 is 0 Å². The Balaban J connectivity index is 2.25. The van der Waals surface area contributed by atoms with Gasteiger partial charge in [-0.25, -0.2) is 4.79 Å². The molecule has 1 rings (SSSR count). The van der Waals surface area contributed by atoms with Crippen molar-refractivity contribution in [1.29, 1.82) is 0 Å². The lowest BCUT2D eigenvalue weighted by molar-refractivity contribution is 0.210. The maximum atomic E-state index is 11.1. The van der Waals surface area contributed by atoms with Crippen molar-refractivity contribution in [3.8, 4) is 0 Å². The largest absolute Gasteiger partial charge is 0.336 e. The van der Waals surface area contributed by atoms with E-state index in [1.54, 1.807) is 0 Å². The first-order chi connectivity index (χ1) is 5.74. The molecule has 70 valence electrons. The molecule has 0 aromatic heterocycles. The molecule has 0 aromatic carbocycles. The summed E-state index contributed by atoms with van der Waals surface area (Å²) in [6, 6.07) is 0.0814. The summed E-state index contributed by atoms with van der Waals surface area (Å²) >= 11 is 0. The molecule has 4 nitrogen and oxygen atoms in total. The van der Waals surface area contributed by atoms with E-state index >= 15 is 0 Å². The quantitative estimate of drug-likeness (QED) is 0.618. The van der Waals surface area contributed by atoms with Crippen LogP contribution in [0, 0.1) is 5.92 Å². The molecule has 1 aliphatic rings. The highest BCUT2D eigenvalue weighted by atomic mass is 16.2. The molecular weight excluding hydrogens is 154 g/mol. The minimum absolute atomic E-state index is 0.0814. The fraction of sp³-hybridized carbons (Fsp3) is 0.875. The summed E-state index contributed by atoms with van der Waals surface area (Å²) in [5, 5.41) is 5.88. The SMILES string of the molecule is CNCC(C)CN1CCNC1=O. The van der Waals surface area contributed by atoms with Crippen LogP contribution in [-0.2, 0) is 0 Å². The van der Waals surface area contributed by atoms with Crippen LogP contribution in [0.4, 0.5) is 4.79 Å². The Hall–Kier alpha value is -0.770. The highest BCUT2D eigenvalue weighted by Gasteiger charge is 2.20. The normalized spacial score (nSPS) is 19.5. The molecule has 1 saturated heterocycles. The molecule has 12 heavy (non-hydrogen) atoms. The van der Waals surface area contributed by atoms with Crippen LogP contribution in [0.25, 0.3) is 0 Å². The molecule has 0 spiro atoms. The van der Waals surface area contributed by atoms with Gasteiger partial charge in [0, 0.05) is 19.6 Å². The van der Waals surface area contributed by atoms with Crippen LogP contribution < -0.4 is 10.6 Å². The summed E-state index contributed by atoms with van der Waals surface area (Å²) in [7, 11) is 1.93. The number of rotatable bonds is 4. The van der Waals surface area contributed by atoms with Gasteiger partial charge in [0.1, 0.15) is 0 Å². The molecule has 1 heterocycles. The molecule has 0 bridgehead atoms. The first-order valence-corrected chi connectivity index (χ1v) is 4.41. The van der Waals surface area contributed by atoms with Crippen molar-refractivity contribution in [3.05, 3.63) is 0 Å². The van der Waals surface area contributed by atoms with Crippen molar-refractivity contribution in [2.24, 2.45) is 5.92 Å². The van der Waals surface area contributed by atoms with Crippen LogP contribution in [0.3, 0.4) is 0 Å². The number of hydrogen-bond donors (Lipinski definition) is 2. The first-order valence-electron chi connectivity index (χ1n) is 4.41. The lowest BCUT2D eigenvalue weighted by Gasteiger charge is -2.18. The molecule has 1 aliphatic heterocycles. The van der Waals surface area contributed by atoms with Gasteiger partial charge in [0.25, 0.3) is 0 Å². The van der Waals surface area contributed by atoms with Crippen molar-refractivity contribution < 1.29 is 4.79 Å². The molecule has 1 unspecified atom stereocenters. The number of urea groups is 1. The van der Waals surface area contributed by atoms with Gasteiger partial charge in [-0.3, -0.25) is 0 Å².